The zero-order valence-corrected chi connectivity index (χ0v) is 15.1. The Kier molecular flexibility index (Phi) is 3.82. The second-order valence-electron chi connectivity index (χ2n) is 7.15. The Hall–Kier alpha value is -1.36. The molecule has 0 spiro atoms. The molecule has 1 fully saturated rings. The van der Waals surface area contributed by atoms with Crippen molar-refractivity contribution < 1.29 is 19.4 Å². The van der Waals surface area contributed by atoms with Crippen LogP contribution in [0.3, 0.4) is 0 Å². The Labute approximate surface area is 144 Å². The number of hydrogen-bond donors (Lipinski definition) is 1. The molecule has 4 atom stereocenters. The summed E-state index contributed by atoms with van der Waals surface area (Å²) in [6.07, 6.45) is 2.30. The molecule has 1 aromatic carbocycles. The summed E-state index contributed by atoms with van der Waals surface area (Å²) in [5.41, 5.74) is 0.324. The van der Waals surface area contributed by atoms with Crippen molar-refractivity contribution in [2.75, 3.05) is 7.11 Å². The van der Waals surface area contributed by atoms with Crippen LogP contribution >= 0.6 is 15.9 Å². The molecule has 23 heavy (non-hydrogen) atoms. The van der Waals surface area contributed by atoms with E-state index in [0.717, 1.165) is 18.4 Å². The van der Waals surface area contributed by atoms with Crippen molar-refractivity contribution in [1.29, 1.82) is 0 Å². The summed E-state index contributed by atoms with van der Waals surface area (Å²) in [6.45, 7) is 3.88. The van der Waals surface area contributed by atoms with Crippen LogP contribution in [0.4, 0.5) is 0 Å². The Balaban J connectivity index is 2.25. The highest BCUT2D eigenvalue weighted by molar-refractivity contribution is 9.10. The Morgan fingerprint density at radius 2 is 2.04 bits per heavy atom. The summed E-state index contributed by atoms with van der Waals surface area (Å²) in [7, 11) is 1.60. The van der Waals surface area contributed by atoms with Crippen molar-refractivity contribution in [2.24, 2.45) is 11.3 Å². The van der Waals surface area contributed by atoms with Crippen LogP contribution < -0.4 is 4.74 Å². The molecule has 0 saturated heterocycles. The van der Waals surface area contributed by atoms with Crippen LogP contribution in [0.1, 0.15) is 49.0 Å². The van der Waals surface area contributed by atoms with Gasteiger partial charge in [0.1, 0.15) is 5.75 Å². The molecular formula is C18H21BrO4. The smallest absolute Gasteiger partial charge is 0.309 e. The number of fused-ring (bicyclic) bond motifs is 3. The molecule has 1 N–H and O–H groups in total. The highest BCUT2D eigenvalue weighted by Gasteiger charge is 2.60. The number of carboxylic acid groups (broad SMARTS) is 1. The van der Waals surface area contributed by atoms with E-state index >= 15 is 0 Å². The lowest BCUT2D eigenvalue weighted by atomic mass is 9.49. The number of halogens is 1. The van der Waals surface area contributed by atoms with Gasteiger partial charge < -0.3 is 9.84 Å². The third-order valence-corrected chi connectivity index (χ3v) is 6.85. The van der Waals surface area contributed by atoms with E-state index in [2.05, 4.69) is 22.9 Å². The standard InChI is InChI=1S/C18H21BrO4/c1-17-7-4-8-18(2,16(21)22)15(17)13(19)14(20)11-6-5-10(23-3)9-12(11)17/h5-6,9,13,15H,4,7-8H2,1-3H3,(H,21,22)/t13-,15-,17-,18+/m1/s1. The SMILES string of the molecule is COc1ccc2c(c1)[C@@]1(C)CCC[C@](C)(C(=O)O)[C@@H]1[C@H](Br)C2=O. The number of carboxylic acids is 1. The lowest BCUT2D eigenvalue weighted by Crippen LogP contribution is -2.58. The summed E-state index contributed by atoms with van der Waals surface area (Å²) in [5, 5.41) is 9.85. The lowest BCUT2D eigenvalue weighted by Gasteiger charge is -2.54. The van der Waals surface area contributed by atoms with Gasteiger partial charge in [-0.3, -0.25) is 9.59 Å². The maximum absolute atomic E-state index is 12.8. The number of carbonyl (C=O) groups excluding carboxylic acids is 1. The molecule has 2 aliphatic rings. The van der Waals surface area contributed by atoms with E-state index in [1.54, 1.807) is 26.2 Å². The highest BCUT2D eigenvalue weighted by atomic mass is 79.9. The first-order valence-corrected chi connectivity index (χ1v) is 8.77. The molecule has 0 amide bonds. The molecule has 1 saturated carbocycles. The molecule has 1 aromatic rings. The van der Waals surface area contributed by atoms with Crippen molar-refractivity contribution in [2.45, 2.75) is 43.4 Å². The Morgan fingerprint density at radius 3 is 2.65 bits per heavy atom. The number of Topliss-reactive ketones (excluding diaryl/α,β-unsaturated/α-hetero) is 1. The molecule has 2 aliphatic carbocycles. The second kappa shape index (κ2) is 5.33. The zero-order valence-electron chi connectivity index (χ0n) is 13.6. The summed E-state index contributed by atoms with van der Waals surface area (Å²) in [5.74, 6) is -0.433. The summed E-state index contributed by atoms with van der Waals surface area (Å²) in [6, 6.07) is 5.50. The van der Waals surface area contributed by atoms with E-state index in [1.807, 2.05) is 6.07 Å². The first-order chi connectivity index (χ1) is 10.8. The van der Waals surface area contributed by atoms with Gasteiger partial charge in [0.25, 0.3) is 0 Å². The van der Waals surface area contributed by atoms with Crippen molar-refractivity contribution in [1.82, 2.24) is 0 Å². The zero-order chi connectivity index (χ0) is 17.0. The maximum atomic E-state index is 12.8. The number of methoxy groups -OCH3 is 1. The number of rotatable bonds is 2. The van der Waals surface area contributed by atoms with Crippen molar-refractivity contribution >= 4 is 27.7 Å². The molecule has 0 heterocycles. The molecule has 3 rings (SSSR count). The fourth-order valence-electron chi connectivity index (χ4n) is 4.66. The predicted molar refractivity (Wildman–Crippen MR) is 90.5 cm³/mol. The van der Waals surface area contributed by atoms with Gasteiger partial charge in [-0.1, -0.05) is 29.3 Å². The van der Waals surface area contributed by atoms with E-state index in [9.17, 15) is 14.7 Å². The van der Waals surface area contributed by atoms with Crippen molar-refractivity contribution in [3.8, 4) is 5.75 Å². The van der Waals surface area contributed by atoms with Gasteiger partial charge in [-0.15, -0.1) is 0 Å². The molecule has 0 aliphatic heterocycles. The first kappa shape index (κ1) is 16.5. The molecule has 0 aromatic heterocycles. The summed E-state index contributed by atoms with van der Waals surface area (Å²) >= 11 is 3.54. The number of alkyl halides is 1. The van der Waals surface area contributed by atoms with E-state index in [4.69, 9.17) is 4.74 Å². The molecule has 0 unspecified atom stereocenters. The summed E-state index contributed by atoms with van der Waals surface area (Å²) in [4.78, 5) is 24.4. The molecule has 124 valence electrons. The van der Waals surface area contributed by atoms with Crippen molar-refractivity contribution in [3.05, 3.63) is 29.3 Å². The van der Waals surface area contributed by atoms with E-state index in [-0.39, 0.29) is 17.1 Å². The average molecular weight is 381 g/mol. The van der Waals surface area contributed by atoms with Gasteiger partial charge in [-0.2, -0.15) is 0 Å². The van der Waals surface area contributed by atoms with Gasteiger partial charge in [0, 0.05) is 11.5 Å². The van der Waals surface area contributed by atoms with E-state index < -0.39 is 16.2 Å². The fourth-order valence-corrected chi connectivity index (χ4v) is 6.08. The quantitative estimate of drug-likeness (QED) is 0.792. The van der Waals surface area contributed by atoms with Gasteiger partial charge in [-0.05, 0) is 48.9 Å². The van der Waals surface area contributed by atoms with Crippen molar-refractivity contribution in [3.63, 3.8) is 0 Å². The molecule has 5 heteroatoms. The minimum atomic E-state index is -0.919. The largest absolute Gasteiger partial charge is 0.497 e. The van der Waals surface area contributed by atoms with Crippen LogP contribution in [0.5, 0.6) is 5.75 Å². The van der Waals surface area contributed by atoms with E-state index in [0.29, 0.717) is 17.7 Å². The van der Waals surface area contributed by atoms with Crippen LogP contribution in [0.15, 0.2) is 18.2 Å². The fraction of sp³-hybridized carbons (Fsp3) is 0.556. The van der Waals surface area contributed by atoms with Crippen LogP contribution in [-0.2, 0) is 10.2 Å². The third-order valence-electron chi connectivity index (χ3n) is 5.90. The van der Waals surface area contributed by atoms with Crippen LogP contribution in [0, 0.1) is 11.3 Å². The number of benzene rings is 1. The van der Waals surface area contributed by atoms with Gasteiger partial charge in [0.05, 0.1) is 17.4 Å². The highest BCUT2D eigenvalue weighted by Crippen LogP contribution is 2.59. The van der Waals surface area contributed by atoms with E-state index in [1.165, 1.54) is 0 Å². The predicted octanol–water partition coefficient (Wildman–Crippen LogP) is 3.80. The van der Waals surface area contributed by atoms with Crippen LogP contribution in [-0.4, -0.2) is 28.8 Å². The average Bonchev–Trinajstić information content (AvgIpc) is 2.52. The van der Waals surface area contributed by atoms with Gasteiger partial charge >= 0.3 is 5.97 Å². The van der Waals surface area contributed by atoms with Crippen LogP contribution in [0.2, 0.25) is 0 Å². The lowest BCUT2D eigenvalue weighted by molar-refractivity contribution is -0.156. The van der Waals surface area contributed by atoms with Gasteiger partial charge in [0.15, 0.2) is 5.78 Å². The van der Waals surface area contributed by atoms with Crippen LogP contribution in [0.25, 0.3) is 0 Å². The maximum Gasteiger partial charge on any atom is 0.309 e. The normalized spacial score (nSPS) is 36.1. The number of ketones is 1. The molecule has 0 radical (unpaired) electrons. The second-order valence-corrected chi connectivity index (χ2v) is 8.14. The van der Waals surface area contributed by atoms with Gasteiger partial charge in [0.2, 0.25) is 0 Å². The summed E-state index contributed by atoms with van der Waals surface area (Å²) < 4.78 is 5.33. The number of hydrogen-bond acceptors (Lipinski definition) is 3. The molecular weight excluding hydrogens is 360 g/mol. The Morgan fingerprint density at radius 1 is 1.35 bits per heavy atom. The van der Waals surface area contributed by atoms with Gasteiger partial charge in [-0.25, -0.2) is 0 Å². The number of aliphatic carboxylic acids is 1. The number of ether oxygens (including phenoxy) is 1. The topological polar surface area (TPSA) is 63.6 Å². The number of carbonyl (C=O) groups is 2. The first-order valence-electron chi connectivity index (χ1n) is 7.86. The molecule has 0 bridgehead atoms. The third kappa shape index (κ3) is 2.16. The molecule has 4 nitrogen and oxygen atoms in total. The monoisotopic (exact) mass is 380 g/mol. The minimum absolute atomic E-state index is 0.0282. The Bertz CT molecular complexity index is 686. The minimum Gasteiger partial charge on any atom is -0.497 e.